The summed E-state index contributed by atoms with van der Waals surface area (Å²) in [5.74, 6) is 0.826. The standard InChI is InChI=1S/C22H17BrClN2O2.CH3.U/c23-16-5-3-15(4-6-16)21(27)25-12-9-22(10-13-25)20-2-1-11-26(20)18-8-7-17(24)14-19(18)28-22;;/h1-5,7-8,11,14H,9-10,12-13H2;1H3;/q2*-1;+2. The zero-order valence-corrected chi connectivity index (χ0v) is 23.0. The molecular weight excluding hydrogens is 690 g/mol. The van der Waals surface area contributed by atoms with Gasteiger partial charge in [-0.1, -0.05) is 37.6 Å². The summed E-state index contributed by atoms with van der Waals surface area (Å²) in [7, 11) is 0. The molecule has 0 bridgehead atoms. The van der Waals surface area contributed by atoms with Gasteiger partial charge in [-0.25, -0.2) is 0 Å². The van der Waals surface area contributed by atoms with Crippen molar-refractivity contribution in [1.82, 2.24) is 9.47 Å². The number of carbonyl (C=O) groups excluding carboxylic acids is 1. The van der Waals surface area contributed by atoms with Crippen molar-refractivity contribution in [2.75, 3.05) is 13.1 Å². The molecule has 3 heterocycles. The molecule has 4 nitrogen and oxygen atoms in total. The van der Waals surface area contributed by atoms with Crippen LogP contribution >= 0.6 is 27.5 Å². The summed E-state index contributed by atoms with van der Waals surface area (Å²) in [5, 5.41) is 0.656. The van der Waals surface area contributed by atoms with Crippen molar-refractivity contribution in [3.05, 3.63) is 89.0 Å². The Hall–Kier alpha value is -1.19. The minimum Gasteiger partial charge on any atom is -0.479 e. The van der Waals surface area contributed by atoms with Crippen molar-refractivity contribution in [2.45, 2.75) is 18.4 Å². The number of carbonyl (C=O) groups is 1. The molecule has 0 atom stereocenters. The van der Waals surface area contributed by atoms with Crippen LogP contribution in [0.15, 0.2) is 59.2 Å². The maximum atomic E-state index is 12.8. The Morgan fingerprint density at radius 3 is 2.63 bits per heavy atom. The Morgan fingerprint density at radius 1 is 1.17 bits per heavy atom. The molecule has 1 saturated heterocycles. The number of ether oxygens (including phenoxy) is 1. The number of hydrogen-bond donors (Lipinski definition) is 0. The van der Waals surface area contributed by atoms with E-state index in [2.05, 4.69) is 38.8 Å². The predicted octanol–water partition coefficient (Wildman–Crippen LogP) is 5.67. The van der Waals surface area contributed by atoms with E-state index >= 15 is 0 Å². The first-order valence-corrected chi connectivity index (χ1v) is 10.4. The molecule has 0 aliphatic carbocycles. The van der Waals surface area contributed by atoms with Crippen LogP contribution in [0, 0.1) is 44.6 Å². The summed E-state index contributed by atoms with van der Waals surface area (Å²) in [5.41, 5.74) is 2.35. The van der Waals surface area contributed by atoms with Crippen LogP contribution in [-0.2, 0) is 5.60 Å². The largest absolute Gasteiger partial charge is 2.00 e. The predicted molar refractivity (Wildman–Crippen MR) is 118 cm³/mol. The first-order valence-electron chi connectivity index (χ1n) is 9.19. The van der Waals surface area contributed by atoms with Crippen molar-refractivity contribution in [3.8, 4) is 11.4 Å². The van der Waals surface area contributed by atoms with Crippen molar-refractivity contribution in [2.24, 2.45) is 0 Å². The van der Waals surface area contributed by atoms with Crippen molar-refractivity contribution >= 4 is 33.4 Å². The SMILES string of the molecule is O=C(c1c[c-]c(Br)cc1)N1CCC2(CC1)Oc1cc(Cl)ccc1-n1cccc12.[CH3-].[U+2]. The number of rotatable bonds is 1. The van der Waals surface area contributed by atoms with Gasteiger partial charge in [0.1, 0.15) is 5.75 Å². The Morgan fingerprint density at radius 2 is 1.93 bits per heavy atom. The average Bonchev–Trinajstić information content (AvgIpc) is 3.20. The van der Waals surface area contributed by atoms with E-state index < -0.39 is 5.60 Å². The number of nitrogens with zero attached hydrogens (tertiary/aromatic N) is 2. The monoisotopic (exact) mass is 708 g/mol. The van der Waals surface area contributed by atoms with Gasteiger partial charge in [0, 0.05) is 43.2 Å². The van der Waals surface area contributed by atoms with Crippen LogP contribution in [0.4, 0.5) is 0 Å². The number of halogens is 2. The van der Waals surface area contributed by atoms with E-state index in [1.54, 1.807) is 6.07 Å². The minimum absolute atomic E-state index is 0. The van der Waals surface area contributed by atoms with Gasteiger partial charge in [0.2, 0.25) is 0 Å². The van der Waals surface area contributed by atoms with E-state index in [-0.39, 0.29) is 44.4 Å². The molecule has 2 aliphatic heterocycles. The van der Waals surface area contributed by atoms with Gasteiger partial charge in [-0.3, -0.25) is 4.79 Å². The van der Waals surface area contributed by atoms with E-state index in [0.717, 1.165) is 34.4 Å². The molecular formula is C23H20BrClN2O2U. The summed E-state index contributed by atoms with van der Waals surface area (Å²) in [6.07, 6.45) is 3.52. The van der Waals surface area contributed by atoms with Crippen molar-refractivity contribution in [3.63, 3.8) is 0 Å². The molecule has 0 unspecified atom stereocenters. The van der Waals surface area contributed by atoms with E-state index in [1.165, 1.54) is 0 Å². The van der Waals surface area contributed by atoms with Crippen LogP contribution in [0.2, 0.25) is 5.02 Å². The molecule has 1 amide bonds. The number of benzene rings is 2. The number of hydrogen-bond acceptors (Lipinski definition) is 2. The summed E-state index contributed by atoms with van der Waals surface area (Å²) >= 11 is 9.56. The Labute approximate surface area is 214 Å². The molecule has 5 rings (SSSR count). The molecule has 0 radical (unpaired) electrons. The van der Waals surface area contributed by atoms with Crippen LogP contribution in [0.25, 0.3) is 5.69 Å². The number of amides is 1. The molecule has 1 fully saturated rings. The second-order valence-corrected chi connectivity index (χ2v) is 8.48. The maximum Gasteiger partial charge on any atom is 2.00 e. The van der Waals surface area contributed by atoms with Crippen molar-refractivity contribution in [1.29, 1.82) is 0 Å². The van der Waals surface area contributed by atoms with E-state index in [0.29, 0.717) is 23.7 Å². The number of piperidine rings is 1. The molecule has 2 aromatic carbocycles. The molecule has 3 aromatic rings. The summed E-state index contributed by atoms with van der Waals surface area (Å²) in [6.45, 7) is 1.27. The quantitative estimate of drug-likeness (QED) is 0.306. The number of fused-ring (bicyclic) bond motifs is 4. The van der Waals surface area contributed by atoms with E-state index in [1.807, 2.05) is 41.3 Å². The molecule has 30 heavy (non-hydrogen) atoms. The third-order valence-corrected chi connectivity index (χ3v) is 6.31. The van der Waals surface area contributed by atoms with Crippen LogP contribution in [0.1, 0.15) is 28.9 Å². The van der Waals surface area contributed by atoms with Gasteiger partial charge in [-0.15, -0.1) is 0 Å². The van der Waals surface area contributed by atoms with Gasteiger partial charge in [0.15, 0.2) is 11.5 Å². The molecule has 152 valence electrons. The average molecular weight is 710 g/mol. The maximum absolute atomic E-state index is 12.8. The summed E-state index contributed by atoms with van der Waals surface area (Å²) in [6, 6.07) is 18.3. The van der Waals surface area contributed by atoms with Crippen LogP contribution in [0.3, 0.4) is 0 Å². The van der Waals surface area contributed by atoms with Gasteiger partial charge in [0.25, 0.3) is 0 Å². The molecule has 1 aromatic heterocycles. The molecule has 0 N–H and O–H groups in total. The molecule has 2 aliphatic rings. The van der Waals surface area contributed by atoms with Gasteiger partial charge >= 0.3 is 31.1 Å². The normalized spacial score (nSPS) is 15.9. The first-order chi connectivity index (χ1) is 13.6. The van der Waals surface area contributed by atoms with Crippen molar-refractivity contribution < 1.29 is 40.6 Å². The van der Waals surface area contributed by atoms with Gasteiger partial charge in [-0.05, 0) is 24.3 Å². The van der Waals surface area contributed by atoms with Crippen LogP contribution in [-0.4, -0.2) is 28.5 Å². The van der Waals surface area contributed by atoms with Gasteiger partial charge < -0.3 is 21.6 Å². The third-order valence-electron chi connectivity index (χ3n) is 5.58. The minimum atomic E-state index is -0.441. The topological polar surface area (TPSA) is 34.5 Å². The Kier molecular flexibility index (Phi) is 7.14. The van der Waals surface area contributed by atoms with Gasteiger partial charge in [0.05, 0.1) is 11.4 Å². The number of aromatic nitrogens is 1. The number of likely N-dealkylation sites (tertiary alicyclic amines) is 1. The second-order valence-electron chi connectivity index (χ2n) is 7.19. The van der Waals surface area contributed by atoms with E-state index in [4.69, 9.17) is 16.3 Å². The van der Waals surface area contributed by atoms with Crippen LogP contribution in [0.5, 0.6) is 5.75 Å². The Balaban J connectivity index is 0.00000128. The fourth-order valence-electron chi connectivity index (χ4n) is 4.14. The smallest absolute Gasteiger partial charge is 0.479 e. The zero-order valence-electron chi connectivity index (χ0n) is 16.5. The summed E-state index contributed by atoms with van der Waals surface area (Å²) in [4.78, 5) is 14.7. The third kappa shape index (κ3) is 4.00. The van der Waals surface area contributed by atoms with E-state index in [9.17, 15) is 4.79 Å². The van der Waals surface area contributed by atoms with Crippen LogP contribution < -0.4 is 4.74 Å². The fraction of sp³-hybridized carbons (Fsp3) is 0.217. The molecule has 1 spiro atoms. The molecule has 0 saturated carbocycles. The Bertz CT molecular complexity index is 1060. The summed E-state index contributed by atoms with van der Waals surface area (Å²) < 4.78 is 9.54. The fourth-order valence-corrected chi connectivity index (χ4v) is 4.55. The molecule has 7 heteroatoms. The zero-order chi connectivity index (χ0) is 19.3. The first kappa shape index (κ1) is 23.5. The second kappa shape index (κ2) is 9.12. The van der Waals surface area contributed by atoms with Gasteiger partial charge in [-0.2, -0.15) is 24.3 Å².